The standard InChI is InChI=1S/C20H30N2/c1-18-17-19-11-5-6-12-20(19)22(18)16-10-3-2-7-13-21-14-8-4-9-15-21/h5-6,11-12,17H,2-4,7-10,13-16H2,1H3. The molecule has 0 amide bonds. The molecule has 120 valence electrons. The Morgan fingerprint density at radius 3 is 2.41 bits per heavy atom. The van der Waals surface area contributed by atoms with Gasteiger partial charge in [0.15, 0.2) is 0 Å². The third kappa shape index (κ3) is 3.92. The molecule has 22 heavy (non-hydrogen) atoms. The fourth-order valence-electron chi connectivity index (χ4n) is 3.79. The number of nitrogens with zero attached hydrogens (tertiary/aromatic N) is 2. The van der Waals surface area contributed by atoms with Gasteiger partial charge in [-0.2, -0.15) is 0 Å². The van der Waals surface area contributed by atoms with Crippen molar-refractivity contribution in [3.05, 3.63) is 36.0 Å². The van der Waals surface area contributed by atoms with Gasteiger partial charge in [0, 0.05) is 17.8 Å². The number of aromatic nitrogens is 1. The molecule has 0 atom stereocenters. The highest BCUT2D eigenvalue weighted by atomic mass is 15.1. The van der Waals surface area contributed by atoms with Crippen molar-refractivity contribution < 1.29 is 0 Å². The van der Waals surface area contributed by atoms with Crippen LogP contribution in [0.1, 0.15) is 50.6 Å². The maximum Gasteiger partial charge on any atom is 0.0482 e. The summed E-state index contributed by atoms with van der Waals surface area (Å²) in [6.45, 7) is 7.41. The van der Waals surface area contributed by atoms with Gasteiger partial charge in [-0.25, -0.2) is 0 Å². The third-order valence-corrected chi connectivity index (χ3v) is 5.07. The predicted octanol–water partition coefficient (Wildman–Crippen LogP) is 5.00. The zero-order valence-corrected chi connectivity index (χ0v) is 14.1. The zero-order valence-electron chi connectivity index (χ0n) is 14.1. The fraction of sp³-hybridized carbons (Fsp3) is 0.600. The predicted molar refractivity (Wildman–Crippen MR) is 95.4 cm³/mol. The van der Waals surface area contributed by atoms with Gasteiger partial charge >= 0.3 is 0 Å². The van der Waals surface area contributed by atoms with Crippen LogP contribution < -0.4 is 0 Å². The molecule has 2 aromatic rings. The minimum atomic E-state index is 1.17. The van der Waals surface area contributed by atoms with E-state index in [1.54, 1.807) is 0 Å². The smallest absolute Gasteiger partial charge is 0.0482 e. The minimum absolute atomic E-state index is 1.17. The van der Waals surface area contributed by atoms with Crippen LogP contribution in [-0.4, -0.2) is 29.1 Å². The molecule has 0 aliphatic carbocycles. The Balaban J connectivity index is 1.38. The van der Waals surface area contributed by atoms with Gasteiger partial charge in [0.2, 0.25) is 0 Å². The second-order valence-corrected chi connectivity index (χ2v) is 6.81. The lowest BCUT2D eigenvalue weighted by Crippen LogP contribution is -2.30. The van der Waals surface area contributed by atoms with Gasteiger partial charge in [-0.1, -0.05) is 37.5 Å². The van der Waals surface area contributed by atoms with E-state index in [1.807, 2.05) is 0 Å². The molecule has 0 radical (unpaired) electrons. The summed E-state index contributed by atoms with van der Waals surface area (Å²) in [7, 11) is 0. The van der Waals surface area contributed by atoms with Crippen molar-refractivity contribution in [3.63, 3.8) is 0 Å². The number of rotatable bonds is 7. The number of para-hydroxylation sites is 1. The molecule has 0 N–H and O–H groups in total. The van der Waals surface area contributed by atoms with E-state index < -0.39 is 0 Å². The number of unbranched alkanes of at least 4 members (excludes halogenated alkanes) is 3. The molecule has 1 aromatic carbocycles. The Morgan fingerprint density at radius 2 is 1.59 bits per heavy atom. The second kappa shape index (κ2) is 7.82. The van der Waals surface area contributed by atoms with Gasteiger partial charge in [0.25, 0.3) is 0 Å². The van der Waals surface area contributed by atoms with E-state index in [1.165, 1.54) is 87.7 Å². The molecular weight excluding hydrogens is 268 g/mol. The van der Waals surface area contributed by atoms with Gasteiger partial charge in [-0.3, -0.25) is 0 Å². The van der Waals surface area contributed by atoms with Crippen molar-refractivity contribution in [3.8, 4) is 0 Å². The molecule has 2 heterocycles. The van der Waals surface area contributed by atoms with Crippen LogP contribution in [0.4, 0.5) is 0 Å². The summed E-state index contributed by atoms with van der Waals surface area (Å²) in [5.74, 6) is 0. The summed E-state index contributed by atoms with van der Waals surface area (Å²) in [4.78, 5) is 2.66. The molecule has 1 fully saturated rings. The summed E-state index contributed by atoms with van der Waals surface area (Å²) < 4.78 is 2.49. The Kier molecular flexibility index (Phi) is 5.55. The molecule has 0 spiro atoms. The van der Waals surface area contributed by atoms with E-state index in [9.17, 15) is 0 Å². The first-order chi connectivity index (χ1) is 10.8. The van der Waals surface area contributed by atoms with Crippen LogP contribution in [0, 0.1) is 6.92 Å². The molecule has 3 rings (SSSR count). The third-order valence-electron chi connectivity index (χ3n) is 5.07. The van der Waals surface area contributed by atoms with Crippen LogP contribution in [-0.2, 0) is 6.54 Å². The molecule has 0 saturated carbocycles. The van der Waals surface area contributed by atoms with E-state index >= 15 is 0 Å². The molecule has 0 unspecified atom stereocenters. The van der Waals surface area contributed by atoms with Crippen LogP contribution in [0.15, 0.2) is 30.3 Å². The van der Waals surface area contributed by atoms with E-state index in [0.29, 0.717) is 0 Å². The molecular formula is C20H30N2. The average molecular weight is 298 g/mol. The van der Waals surface area contributed by atoms with E-state index in [2.05, 4.69) is 46.7 Å². The first-order valence-corrected chi connectivity index (χ1v) is 9.12. The number of hydrogen-bond donors (Lipinski definition) is 0. The largest absolute Gasteiger partial charge is 0.345 e. The lowest BCUT2D eigenvalue weighted by molar-refractivity contribution is 0.224. The van der Waals surface area contributed by atoms with Crippen molar-refractivity contribution in [1.82, 2.24) is 9.47 Å². The molecule has 1 aliphatic heterocycles. The lowest BCUT2D eigenvalue weighted by Gasteiger charge is -2.26. The minimum Gasteiger partial charge on any atom is -0.345 e. The Bertz CT molecular complexity index is 578. The number of piperidine rings is 1. The van der Waals surface area contributed by atoms with Crippen LogP contribution in [0.3, 0.4) is 0 Å². The van der Waals surface area contributed by atoms with Crippen LogP contribution >= 0.6 is 0 Å². The van der Waals surface area contributed by atoms with E-state index in [-0.39, 0.29) is 0 Å². The van der Waals surface area contributed by atoms with Gasteiger partial charge in [0.05, 0.1) is 0 Å². The van der Waals surface area contributed by atoms with E-state index in [0.717, 1.165) is 0 Å². The first-order valence-electron chi connectivity index (χ1n) is 9.12. The molecule has 0 bridgehead atoms. The summed E-state index contributed by atoms with van der Waals surface area (Å²) in [6, 6.07) is 11.1. The number of fused-ring (bicyclic) bond motifs is 1. The highest BCUT2D eigenvalue weighted by Crippen LogP contribution is 2.20. The average Bonchev–Trinajstić information content (AvgIpc) is 2.87. The topological polar surface area (TPSA) is 8.17 Å². The number of aryl methyl sites for hydroxylation is 2. The SMILES string of the molecule is Cc1cc2ccccc2n1CCCCCCN1CCCCC1. The van der Waals surface area contributed by atoms with Gasteiger partial charge < -0.3 is 9.47 Å². The molecule has 2 nitrogen and oxygen atoms in total. The van der Waals surface area contributed by atoms with Crippen molar-refractivity contribution >= 4 is 10.9 Å². The summed E-state index contributed by atoms with van der Waals surface area (Å²) in [5.41, 5.74) is 2.79. The maximum absolute atomic E-state index is 2.66. The Labute approximate surface area is 135 Å². The Morgan fingerprint density at radius 1 is 0.864 bits per heavy atom. The summed E-state index contributed by atoms with van der Waals surface area (Å²) in [5, 5.41) is 1.38. The molecule has 1 aliphatic rings. The molecule has 2 heteroatoms. The Hall–Kier alpha value is -1.28. The van der Waals surface area contributed by atoms with Gasteiger partial charge in [-0.05, 0) is 69.8 Å². The maximum atomic E-state index is 2.66. The highest BCUT2D eigenvalue weighted by Gasteiger charge is 2.09. The number of likely N-dealkylation sites (tertiary alicyclic amines) is 1. The summed E-state index contributed by atoms with van der Waals surface area (Å²) in [6.07, 6.45) is 9.71. The fourth-order valence-corrected chi connectivity index (χ4v) is 3.79. The molecule has 1 saturated heterocycles. The normalized spacial score (nSPS) is 16.4. The quantitative estimate of drug-likeness (QED) is 0.653. The van der Waals surface area contributed by atoms with Crippen molar-refractivity contribution in [2.24, 2.45) is 0 Å². The highest BCUT2D eigenvalue weighted by molar-refractivity contribution is 5.81. The number of benzene rings is 1. The first kappa shape index (κ1) is 15.6. The second-order valence-electron chi connectivity index (χ2n) is 6.81. The van der Waals surface area contributed by atoms with Crippen LogP contribution in [0.5, 0.6) is 0 Å². The van der Waals surface area contributed by atoms with Crippen LogP contribution in [0.2, 0.25) is 0 Å². The number of hydrogen-bond acceptors (Lipinski definition) is 1. The lowest BCUT2D eigenvalue weighted by atomic mass is 10.1. The van der Waals surface area contributed by atoms with Crippen LogP contribution in [0.25, 0.3) is 10.9 Å². The zero-order chi connectivity index (χ0) is 15.2. The summed E-state index contributed by atoms with van der Waals surface area (Å²) >= 11 is 0. The van der Waals surface area contributed by atoms with Gasteiger partial charge in [-0.15, -0.1) is 0 Å². The van der Waals surface area contributed by atoms with Crippen molar-refractivity contribution in [2.75, 3.05) is 19.6 Å². The van der Waals surface area contributed by atoms with Crippen molar-refractivity contribution in [2.45, 2.75) is 58.4 Å². The van der Waals surface area contributed by atoms with Crippen molar-refractivity contribution in [1.29, 1.82) is 0 Å². The molecule has 1 aromatic heterocycles. The monoisotopic (exact) mass is 298 g/mol. The van der Waals surface area contributed by atoms with Gasteiger partial charge in [0.1, 0.15) is 0 Å². The van der Waals surface area contributed by atoms with E-state index in [4.69, 9.17) is 0 Å².